The quantitative estimate of drug-likeness (QED) is 0.866. The molecule has 2 rings (SSSR count). The van der Waals surface area contributed by atoms with Crippen molar-refractivity contribution in [1.82, 2.24) is 10.2 Å². The van der Waals surface area contributed by atoms with Crippen LogP contribution in [0.1, 0.15) is 30.9 Å². The Bertz CT molecular complexity index is 423. The fraction of sp³-hybridized carbons (Fsp3) is 0.625. The Morgan fingerprint density at radius 3 is 3.05 bits per heavy atom. The van der Waals surface area contributed by atoms with E-state index in [1.807, 2.05) is 26.1 Å². The number of likely N-dealkylation sites (tertiary alicyclic amines) is 1. The largest absolute Gasteiger partial charge is 0.377 e. The lowest BCUT2D eigenvalue weighted by Crippen LogP contribution is -2.39. The lowest BCUT2D eigenvalue weighted by atomic mass is 10.1. The monoisotopic (exact) mass is 280 g/mol. The highest BCUT2D eigenvalue weighted by Gasteiger charge is 2.20. The normalized spacial score (nSPS) is 20.2. The molecule has 0 saturated carbocycles. The van der Waals surface area contributed by atoms with Gasteiger partial charge < -0.3 is 10.1 Å². The van der Waals surface area contributed by atoms with E-state index in [0.717, 1.165) is 50.2 Å². The Morgan fingerprint density at radius 1 is 1.45 bits per heavy atom. The highest BCUT2D eigenvalue weighted by Crippen LogP contribution is 2.18. The van der Waals surface area contributed by atoms with E-state index in [0.29, 0.717) is 12.6 Å². The van der Waals surface area contributed by atoms with Crippen molar-refractivity contribution in [3.8, 4) is 0 Å². The van der Waals surface area contributed by atoms with Gasteiger partial charge in [-0.1, -0.05) is 12.1 Å². The number of nitrogens with one attached hydrogen (secondary N) is 1. The first-order valence-corrected chi connectivity index (χ1v) is 7.48. The van der Waals surface area contributed by atoms with Gasteiger partial charge in [-0.2, -0.15) is 0 Å². The second-order valence-electron chi connectivity index (χ2n) is 5.41. The molecule has 1 aliphatic heterocycles. The van der Waals surface area contributed by atoms with Gasteiger partial charge in [0.05, 0.1) is 6.10 Å². The van der Waals surface area contributed by atoms with E-state index >= 15 is 0 Å². The molecule has 3 nitrogen and oxygen atoms in total. The molecular formula is C16H25FN2O. The highest BCUT2D eigenvalue weighted by atomic mass is 19.1. The third kappa shape index (κ3) is 4.27. The molecule has 1 N–H and O–H groups in total. The maximum Gasteiger partial charge on any atom is 0.127 e. The van der Waals surface area contributed by atoms with Gasteiger partial charge in [-0.3, -0.25) is 4.90 Å². The van der Waals surface area contributed by atoms with Crippen LogP contribution in [0.4, 0.5) is 4.39 Å². The number of halogens is 1. The van der Waals surface area contributed by atoms with Crippen molar-refractivity contribution in [3.63, 3.8) is 0 Å². The second kappa shape index (κ2) is 7.72. The molecule has 20 heavy (non-hydrogen) atoms. The molecule has 4 heteroatoms. The van der Waals surface area contributed by atoms with Crippen LogP contribution in [0.2, 0.25) is 0 Å². The predicted octanol–water partition coefficient (Wildman–Crippen LogP) is 2.55. The Labute approximate surface area is 121 Å². The van der Waals surface area contributed by atoms with Gasteiger partial charge >= 0.3 is 0 Å². The SMILES string of the molecule is CCOC1CCCN(Cc2cc(CNC)ccc2F)C1. The Balaban J connectivity index is 1.99. The summed E-state index contributed by atoms with van der Waals surface area (Å²) in [5, 5.41) is 3.10. The summed E-state index contributed by atoms with van der Waals surface area (Å²) in [4.78, 5) is 2.30. The van der Waals surface area contributed by atoms with E-state index in [1.165, 1.54) is 0 Å². The van der Waals surface area contributed by atoms with Crippen molar-refractivity contribution in [2.45, 2.75) is 39.0 Å². The van der Waals surface area contributed by atoms with Gasteiger partial charge in [-0.05, 0) is 45.0 Å². The van der Waals surface area contributed by atoms with Crippen LogP contribution >= 0.6 is 0 Å². The fourth-order valence-corrected chi connectivity index (χ4v) is 2.83. The van der Waals surface area contributed by atoms with E-state index < -0.39 is 0 Å². The highest BCUT2D eigenvalue weighted by molar-refractivity contribution is 5.25. The lowest BCUT2D eigenvalue weighted by molar-refractivity contribution is 0.00336. The van der Waals surface area contributed by atoms with Gasteiger partial charge in [-0.25, -0.2) is 4.39 Å². The summed E-state index contributed by atoms with van der Waals surface area (Å²) in [6.07, 6.45) is 2.55. The first-order valence-electron chi connectivity index (χ1n) is 7.48. The van der Waals surface area contributed by atoms with Crippen molar-refractivity contribution < 1.29 is 9.13 Å². The van der Waals surface area contributed by atoms with Crippen LogP contribution in [0.15, 0.2) is 18.2 Å². The molecule has 1 unspecified atom stereocenters. The van der Waals surface area contributed by atoms with Gasteiger partial charge in [0.15, 0.2) is 0 Å². The van der Waals surface area contributed by atoms with E-state index in [2.05, 4.69) is 10.2 Å². The molecule has 1 aromatic carbocycles. The summed E-state index contributed by atoms with van der Waals surface area (Å²) >= 11 is 0. The van der Waals surface area contributed by atoms with Crippen LogP contribution in [0, 0.1) is 5.82 Å². The molecule has 112 valence electrons. The van der Waals surface area contributed by atoms with Gasteiger partial charge in [-0.15, -0.1) is 0 Å². The number of rotatable bonds is 6. The van der Waals surface area contributed by atoms with Gasteiger partial charge in [0.2, 0.25) is 0 Å². The molecule has 0 aromatic heterocycles. The van der Waals surface area contributed by atoms with Crippen LogP contribution in [0.3, 0.4) is 0 Å². The van der Waals surface area contributed by atoms with Crippen LogP contribution in [-0.2, 0) is 17.8 Å². The number of hydrogen-bond donors (Lipinski definition) is 1. The molecule has 0 spiro atoms. The predicted molar refractivity (Wildman–Crippen MR) is 79.1 cm³/mol. The van der Waals surface area contributed by atoms with Crippen LogP contribution in [0.5, 0.6) is 0 Å². The third-order valence-corrected chi connectivity index (χ3v) is 3.75. The van der Waals surface area contributed by atoms with Crippen molar-refractivity contribution in [2.24, 2.45) is 0 Å². The van der Waals surface area contributed by atoms with E-state index in [9.17, 15) is 4.39 Å². The molecule has 1 heterocycles. The summed E-state index contributed by atoms with van der Waals surface area (Å²) < 4.78 is 19.6. The number of benzene rings is 1. The zero-order valence-corrected chi connectivity index (χ0v) is 12.5. The van der Waals surface area contributed by atoms with Crippen LogP contribution < -0.4 is 5.32 Å². The Morgan fingerprint density at radius 2 is 2.30 bits per heavy atom. The van der Waals surface area contributed by atoms with Crippen LogP contribution in [0.25, 0.3) is 0 Å². The maximum atomic E-state index is 13.9. The van der Waals surface area contributed by atoms with Crippen molar-refractivity contribution in [2.75, 3.05) is 26.7 Å². The topological polar surface area (TPSA) is 24.5 Å². The first-order chi connectivity index (χ1) is 9.72. The fourth-order valence-electron chi connectivity index (χ4n) is 2.83. The van der Waals surface area contributed by atoms with Gasteiger partial charge in [0.25, 0.3) is 0 Å². The molecule has 1 aromatic rings. The summed E-state index contributed by atoms with van der Waals surface area (Å²) in [5.41, 5.74) is 1.91. The smallest absolute Gasteiger partial charge is 0.127 e. The van der Waals surface area contributed by atoms with Crippen molar-refractivity contribution in [3.05, 3.63) is 35.1 Å². The van der Waals surface area contributed by atoms with E-state index in [1.54, 1.807) is 6.07 Å². The number of ether oxygens (including phenoxy) is 1. The Hall–Kier alpha value is -0.970. The van der Waals surface area contributed by atoms with Crippen LogP contribution in [-0.4, -0.2) is 37.7 Å². The summed E-state index contributed by atoms with van der Waals surface area (Å²) in [6.45, 7) is 6.16. The van der Waals surface area contributed by atoms with E-state index in [-0.39, 0.29) is 5.82 Å². The molecule has 0 aliphatic carbocycles. The van der Waals surface area contributed by atoms with Crippen molar-refractivity contribution in [1.29, 1.82) is 0 Å². The molecule has 1 atom stereocenters. The van der Waals surface area contributed by atoms with Gasteiger partial charge in [0, 0.05) is 31.8 Å². The molecule has 0 radical (unpaired) electrons. The lowest BCUT2D eigenvalue weighted by Gasteiger charge is -2.32. The second-order valence-corrected chi connectivity index (χ2v) is 5.41. The minimum atomic E-state index is -0.108. The molecular weight excluding hydrogens is 255 g/mol. The summed E-state index contributed by atoms with van der Waals surface area (Å²) in [7, 11) is 1.90. The average molecular weight is 280 g/mol. The molecule has 0 bridgehead atoms. The maximum absolute atomic E-state index is 13.9. The molecule has 1 fully saturated rings. The minimum absolute atomic E-state index is 0.108. The zero-order chi connectivity index (χ0) is 14.4. The number of nitrogens with zero attached hydrogens (tertiary/aromatic N) is 1. The Kier molecular flexibility index (Phi) is 5.95. The van der Waals surface area contributed by atoms with Gasteiger partial charge in [0.1, 0.15) is 5.82 Å². The molecule has 1 aliphatic rings. The summed E-state index contributed by atoms with van der Waals surface area (Å²) in [6, 6.07) is 5.39. The zero-order valence-electron chi connectivity index (χ0n) is 12.5. The van der Waals surface area contributed by atoms with E-state index in [4.69, 9.17) is 4.74 Å². The standard InChI is InChI=1S/C16H25FN2O/c1-3-20-15-5-4-8-19(12-15)11-14-9-13(10-18-2)6-7-16(14)17/h6-7,9,15,18H,3-5,8,10-12H2,1-2H3. The van der Waals surface area contributed by atoms with Crippen molar-refractivity contribution >= 4 is 0 Å². The first kappa shape index (κ1) is 15.4. The number of piperidine rings is 1. The third-order valence-electron chi connectivity index (χ3n) is 3.75. The average Bonchev–Trinajstić information content (AvgIpc) is 2.44. The number of hydrogen-bond acceptors (Lipinski definition) is 3. The minimum Gasteiger partial charge on any atom is -0.377 e. The molecule has 1 saturated heterocycles. The summed E-state index contributed by atoms with van der Waals surface area (Å²) in [5.74, 6) is -0.108. The molecule has 0 amide bonds.